The molecule has 188 valence electrons. The average molecular weight is 490 g/mol. The number of carboxylic acid groups (broad SMARTS) is 2. The lowest BCUT2D eigenvalue weighted by atomic mass is 9.65. The second kappa shape index (κ2) is 11.0. The molecule has 2 aliphatic rings. The van der Waals surface area contributed by atoms with Gasteiger partial charge in [-0.15, -0.1) is 0 Å². The molecule has 0 saturated carbocycles. The number of likely N-dealkylation sites (tertiary alicyclic amines) is 1. The summed E-state index contributed by atoms with van der Waals surface area (Å²) in [4.78, 5) is 35.1. The number of aliphatic hydroxyl groups excluding tert-OH is 1. The number of rotatable bonds is 5. The predicted molar refractivity (Wildman–Crippen MR) is 136 cm³/mol. The summed E-state index contributed by atoms with van der Waals surface area (Å²) in [6, 6.07) is 23.5. The molecule has 1 unspecified atom stereocenters. The van der Waals surface area contributed by atoms with Gasteiger partial charge in [-0.2, -0.15) is 0 Å². The fourth-order valence-electron chi connectivity index (χ4n) is 5.20. The number of Topliss-reactive ketones (excluding diaryl/α,β-unsaturated/α-hetero) is 1. The van der Waals surface area contributed by atoms with Crippen molar-refractivity contribution in [3.05, 3.63) is 83.4 Å². The quantitative estimate of drug-likeness (QED) is 0.493. The van der Waals surface area contributed by atoms with Gasteiger partial charge in [0.05, 0.1) is 6.42 Å². The molecule has 1 atom stereocenters. The Bertz CT molecular complexity index is 1260. The zero-order valence-electron chi connectivity index (χ0n) is 20.1. The topological polar surface area (TPSA) is 115 Å². The number of aliphatic hydroxyl groups is 1. The first-order valence-electron chi connectivity index (χ1n) is 12.2. The monoisotopic (exact) mass is 489 g/mol. The molecule has 3 aromatic rings. The second-order valence-electron chi connectivity index (χ2n) is 9.68. The third-order valence-corrected chi connectivity index (χ3v) is 7.30. The molecule has 3 aromatic carbocycles. The van der Waals surface area contributed by atoms with E-state index in [1.165, 1.54) is 21.9 Å². The van der Waals surface area contributed by atoms with Crippen molar-refractivity contribution >= 4 is 28.5 Å². The van der Waals surface area contributed by atoms with Crippen molar-refractivity contribution in [2.75, 3.05) is 13.1 Å². The van der Waals surface area contributed by atoms with Crippen LogP contribution in [0, 0.1) is 5.41 Å². The molecule has 36 heavy (non-hydrogen) atoms. The highest BCUT2D eigenvalue weighted by atomic mass is 16.4. The smallest absolute Gasteiger partial charge is 0.333 e. The number of carboxylic acids is 2. The summed E-state index contributed by atoms with van der Waals surface area (Å²) in [6.07, 6.45) is 1.51. The lowest BCUT2D eigenvalue weighted by molar-refractivity contribution is -0.152. The zero-order valence-corrected chi connectivity index (χ0v) is 20.1. The maximum absolute atomic E-state index is 13.2. The number of benzene rings is 3. The van der Waals surface area contributed by atoms with Crippen LogP contribution in [0.2, 0.25) is 0 Å². The van der Waals surface area contributed by atoms with Crippen LogP contribution in [0.25, 0.3) is 10.8 Å². The van der Waals surface area contributed by atoms with Crippen molar-refractivity contribution in [3.8, 4) is 0 Å². The van der Waals surface area contributed by atoms with E-state index in [2.05, 4.69) is 59.5 Å². The highest BCUT2D eigenvalue weighted by Gasteiger charge is 2.44. The van der Waals surface area contributed by atoms with Gasteiger partial charge in [0.1, 0.15) is 0 Å². The number of fused-ring (bicyclic) bond motifs is 2. The van der Waals surface area contributed by atoms with E-state index in [1.807, 2.05) is 12.1 Å². The Kier molecular flexibility index (Phi) is 7.82. The first-order chi connectivity index (χ1) is 17.3. The Labute approximate surface area is 210 Å². The summed E-state index contributed by atoms with van der Waals surface area (Å²) in [6.45, 7) is 3.01. The Morgan fingerprint density at radius 2 is 1.56 bits per heavy atom. The molecule has 0 aromatic heterocycles. The van der Waals surface area contributed by atoms with Crippen LogP contribution in [-0.2, 0) is 22.6 Å². The summed E-state index contributed by atoms with van der Waals surface area (Å²) < 4.78 is 0. The van der Waals surface area contributed by atoms with Crippen LogP contribution in [0.3, 0.4) is 0 Å². The molecular weight excluding hydrogens is 458 g/mol. The standard InChI is InChI=1S/C25H25NO.C4H6O5/c27-24-23-8-4-3-6-21(23)11-12-25(24)13-15-26(16-14-25)18-19-9-10-20-5-1-2-7-22(20)17-19;5-2(4(8)9)1-3(6)7/h1-10,17H,11-16,18H2;2,5H,1H2,(H,6,7)(H,8,9). The molecule has 1 saturated heterocycles. The molecular formula is C29H31NO6. The lowest BCUT2D eigenvalue weighted by Gasteiger charge is -2.43. The van der Waals surface area contributed by atoms with E-state index in [9.17, 15) is 14.4 Å². The number of hydrogen-bond donors (Lipinski definition) is 3. The predicted octanol–water partition coefficient (Wildman–Crippen LogP) is 4.16. The minimum Gasteiger partial charge on any atom is -0.481 e. The number of piperidine rings is 1. The highest BCUT2D eigenvalue weighted by Crippen LogP contribution is 2.43. The highest BCUT2D eigenvalue weighted by molar-refractivity contribution is 6.02. The summed E-state index contributed by atoms with van der Waals surface area (Å²) in [5.41, 5.74) is 3.47. The van der Waals surface area contributed by atoms with Gasteiger partial charge < -0.3 is 15.3 Å². The molecule has 0 radical (unpaired) electrons. The maximum atomic E-state index is 13.2. The summed E-state index contributed by atoms with van der Waals surface area (Å²) >= 11 is 0. The van der Waals surface area contributed by atoms with Gasteiger partial charge in [-0.1, -0.05) is 60.7 Å². The normalized spacial score (nSPS) is 17.6. The Balaban J connectivity index is 0.000000292. The number of carbonyl (C=O) groups excluding carboxylic acids is 1. The van der Waals surface area contributed by atoms with Crippen molar-refractivity contribution in [3.63, 3.8) is 0 Å². The Morgan fingerprint density at radius 3 is 2.22 bits per heavy atom. The van der Waals surface area contributed by atoms with Crippen molar-refractivity contribution in [1.29, 1.82) is 0 Å². The van der Waals surface area contributed by atoms with Crippen LogP contribution in [-0.4, -0.2) is 57.1 Å². The second-order valence-corrected chi connectivity index (χ2v) is 9.68. The first kappa shape index (κ1) is 25.5. The molecule has 0 amide bonds. The number of nitrogens with zero attached hydrogens (tertiary/aromatic N) is 1. The van der Waals surface area contributed by atoms with E-state index < -0.39 is 24.5 Å². The first-order valence-corrected chi connectivity index (χ1v) is 12.2. The molecule has 0 bridgehead atoms. The van der Waals surface area contributed by atoms with Gasteiger partial charge in [0.25, 0.3) is 0 Å². The minimum absolute atomic E-state index is 0.117. The largest absolute Gasteiger partial charge is 0.481 e. The molecule has 1 fully saturated rings. The molecule has 5 rings (SSSR count). The van der Waals surface area contributed by atoms with E-state index in [0.717, 1.165) is 50.9 Å². The number of hydrogen-bond acceptors (Lipinski definition) is 5. The van der Waals surface area contributed by atoms with Crippen molar-refractivity contribution in [1.82, 2.24) is 4.90 Å². The van der Waals surface area contributed by atoms with E-state index >= 15 is 0 Å². The third kappa shape index (κ3) is 5.80. The fraction of sp³-hybridized carbons (Fsp3) is 0.345. The van der Waals surface area contributed by atoms with Crippen molar-refractivity contribution in [2.24, 2.45) is 5.41 Å². The van der Waals surface area contributed by atoms with Crippen molar-refractivity contribution in [2.45, 2.75) is 44.8 Å². The Hall–Kier alpha value is -3.55. The van der Waals surface area contributed by atoms with E-state index in [1.54, 1.807) is 0 Å². The van der Waals surface area contributed by atoms with Crippen molar-refractivity contribution < 1.29 is 29.7 Å². The lowest BCUT2D eigenvalue weighted by Crippen LogP contribution is -2.46. The molecule has 1 heterocycles. The van der Waals surface area contributed by atoms with E-state index in [0.29, 0.717) is 5.78 Å². The Morgan fingerprint density at radius 1 is 0.889 bits per heavy atom. The van der Waals surface area contributed by atoms with Crippen LogP contribution >= 0.6 is 0 Å². The van der Waals surface area contributed by atoms with Gasteiger partial charge in [0, 0.05) is 17.5 Å². The molecule has 7 heteroatoms. The van der Waals surface area contributed by atoms with Gasteiger partial charge in [-0.05, 0) is 66.7 Å². The third-order valence-electron chi connectivity index (χ3n) is 7.30. The van der Waals surface area contributed by atoms with Crippen LogP contribution in [0.5, 0.6) is 0 Å². The molecule has 1 spiro atoms. The number of aliphatic carboxylic acids is 2. The summed E-state index contributed by atoms with van der Waals surface area (Å²) in [7, 11) is 0. The van der Waals surface area contributed by atoms with Gasteiger partial charge in [0.2, 0.25) is 0 Å². The average Bonchev–Trinajstić information content (AvgIpc) is 2.88. The SMILES string of the molecule is O=C(O)CC(O)C(=O)O.O=C1c2ccccc2CCC12CCN(Cc1ccc3ccccc3c1)CC2. The molecule has 3 N–H and O–H groups in total. The van der Waals surface area contributed by atoms with E-state index in [4.69, 9.17) is 15.3 Å². The summed E-state index contributed by atoms with van der Waals surface area (Å²) in [5.74, 6) is -2.45. The number of carbonyl (C=O) groups is 3. The minimum atomic E-state index is -1.79. The van der Waals surface area contributed by atoms with Gasteiger partial charge in [-0.3, -0.25) is 14.5 Å². The molecule has 1 aliphatic carbocycles. The van der Waals surface area contributed by atoms with Crippen LogP contribution in [0.1, 0.15) is 47.2 Å². The van der Waals surface area contributed by atoms with Crippen LogP contribution in [0.15, 0.2) is 66.7 Å². The molecule has 7 nitrogen and oxygen atoms in total. The van der Waals surface area contributed by atoms with Gasteiger partial charge >= 0.3 is 11.9 Å². The van der Waals surface area contributed by atoms with Gasteiger partial charge in [-0.25, -0.2) is 4.79 Å². The number of ketones is 1. The molecule has 1 aliphatic heterocycles. The summed E-state index contributed by atoms with van der Waals surface area (Å²) in [5, 5.41) is 26.7. The van der Waals surface area contributed by atoms with Crippen LogP contribution in [0.4, 0.5) is 0 Å². The maximum Gasteiger partial charge on any atom is 0.333 e. The van der Waals surface area contributed by atoms with E-state index in [-0.39, 0.29) is 5.41 Å². The number of aryl methyl sites for hydroxylation is 1. The van der Waals surface area contributed by atoms with Gasteiger partial charge in [0.15, 0.2) is 11.9 Å². The van der Waals surface area contributed by atoms with Crippen LogP contribution < -0.4 is 0 Å². The fourth-order valence-corrected chi connectivity index (χ4v) is 5.20. The zero-order chi connectivity index (χ0) is 25.7.